The van der Waals surface area contributed by atoms with Crippen molar-refractivity contribution in [3.63, 3.8) is 0 Å². The molecule has 0 spiro atoms. The maximum absolute atomic E-state index is 12.3. The molecule has 0 radical (unpaired) electrons. The van der Waals surface area contributed by atoms with Crippen molar-refractivity contribution >= 4 is 11.6 Å². The van der Waals surface area contributed by atoms with Crippen molar-refractivity contribution in [3.05, 3.63) is 23.4 Å². The van der Waals surface area contributed by atoms with Crippen LogP contribution >= 0.6 is 11.6 Å². The predicted molar refractivity (Wildman–Crippen MR) is 64.6 cm³/mol. The van der Waals surface area contributed by atoms with Crippen molar-refractivity contribution in [1.29, 1.82) is 0 Å². The lowest BCUT2D eigenvalue weighted by Gasteiger charge is -2.05. The standard InChI is InChI=1S/C11H10ClF2N3O2/c1-17-10(19-11(13)14)7(12)8(16-17)6-4-3-5-15-9(6)18-2/h3-5,11H,1-2H3. The molecule has 2 rings (SSSR count). The zero-order valence-corrected chi connectivity index (χ0v) is 10.9. The van der Waals surface area contributed by atoms with Gasteiger partial charge in [0.25, 0.3) is 0 Å². The Morgan fingerprint density at radius 3 is 2.79 bits per heavy atom. The summed E-state index contributed by atoms with van der Waals surface area (Å²) in [5, 5.41) is 4.03. The van der Waals surface area contributed by atoms with Gasteiger partial charge in [0.1, 0.15) is 10.7 Å². The maximum Gasteiger partial charge on any atom is 0.388 e. The number of nitrogens with zero attached hydrogens (tertiary/aromatic N) is 3. The van der Waals surface area contributed by atoms with Crippen LogP contribution in [0.1, 0.15) is 0 Å². The van der Waals surface area contributed by atoms with Crippen molar-refractivity contribution in [2.45, 2.75) is 6.61 Å². The molecule has 102 valence electrons. The zero-order valence-electron chi connectivity index (χ0n) is 10.1. The summed E-state index contributed by atoms with van der Waals surface area (Å²) in [4.78, 5) is 4.00. The Labute approximate surface area is 112 Å². The number of alkyl halides is 2. The van der Waals surface area contributed by atoms with Crippen molar-refractivity contribution in [2.24, 2.45) is 7.05 Å². The molecule has 5 nitrogen and oxygen atoms in total. The monoisotopic (exact) mass is 289 g/mol. The van der Waals surface area contributed by atoms with Gasteiger partial charge in [-0.25, -0.2) is 9.67 Å². The fourth-order valence-electron chi connectivity index (χ4n) is 1.60. The summed E-state index contributed by atoms with van der Waals surface area (Å²) in [6, 6.07) is 3.34. The molecular weight excluding hydrogens is 280 g/mol. The molecule has 0 saturated heterocycles. The second-order valence-corrected chi connectivity index (χ2v) is 3.91. The lowest BCUT2D eigenvalue weighted by Crippen LogP contribution is -2.06. The van der Waals surface area contributed by atoms with Crippen LogP contribution in [-0.4, -0.2) is 28.5 Å². The van der Waals surface area contributed by atoms with Gasteiger partial charge in [-0.2, -0.15) is 13.9 Å². The molecule has 2 aromatic heterocycles. The number of halogens is 3. The van der Waals surface area contributed by atoms with Crippen LogP contribution in [-0.2, 0) is 7.05 Å². The highest BCUT2D eigenvalue weighted by molar-refractivity contribution is 6.34. The van der Waals surface area contributed by atoms with E-state index in [2.05, 4.69) is 14.8 Å². The highest BCUT2D eigenvalue weighted by Gasteiger charge is 2.22. The lowest BCUT2D eigenvalue weighted by molar-refractivity contribution is -0.0552. The van der Waals surface area contributed by atoms with Gasteiger partial charge in [-0.1, -0.05) is 11.6 Å². The average Bonchev–Trinajstić information content (AvgIpc) is 2.66. The Bertz CT molecular complexity index is 589. The summed E-state index contributed by atoms with van der Waals surface area (Å²) in [7, 11) is 2.90. The number of hydrogen-bond donors (Lipinski definition) is 0. The van der Waals surface area contributed by atoms with Crippen LogP contribution in [0.25, 0.3) is 11.3 Å². The Morgan fingerprint density at radius 2 is 2.16 bits per heavy atom. The molecule has 0 saturated carbocycles. The van der Waals surface area contributed by atoms with Crippen LogP contribution in [0.5, 0.6) is 11.8 Å². The van der Waals surface area contributed by atoms with Gasteiger partial charge in [-0.15, -0.1) is 0 Å². The van der Waals surface area contributed by atoms with E-state index in [1.54, 1.807) is 12.1 Å². The van der Waals surface area contributed by atoms with Crippen molar-refractivity contribution < 1.29 is 18.3 Å². The first-order valence-corrected chi connectivity index (χ1v) is 5.59. The minimum atomic E-state index is -2.98. The first-order chi connectivity index (χ1) is 9.04. The van der Waals surface area contributed by atoms with Crippen molar-refractivity contribution in [2.75, 3.05) is 7.11 Å². The van der Waals surface area contributed by atoms with E-state index in [9.17, 15) is 8.78 Å². The van der Waals surface area contributed by atoms with E-state index in [-0.39, 0.29) is 16.6 Å². The number of ether oxygens (including phenoxy) is 2. The summed E-state index contributed by atoms with van der Waals surface area (Å²) in [6.07, 6.45) is 1.54. The third kappa shape index (κ3) is 2.60. The minimum absolute atomic E-state index is 0.0194. The van der Waals surface area contributed by atoms with Crippen molar-refractivity contribution in [3.8, 4) is 23.0 Å². The normalized spacial score (nSPS) is 10.8. The predicted octanol–water partition coefficient (Wildman–Crippen LogP) is 2.75. The van der Waals surface area contributed by atoms with E-state index in [0.717, 1.165) is 4.68 Å². The van der Waals surface area contributed by atoms with Gasteiger partial charge < -0.3 is 9.47 Å². The topological polar surface area (TPSA) is 49.2 Å². The molecule has 8 heteroatoms. The molecule has 0 aliphatic carbocycles. The third-order valence-electron chi connectivity index (χ3n) is 2.36. The van der Waals surface area contributed by atoms with Crippen LogP contribution in [0.2, 0.25) is 5.02 Å². The maximum atomic E-state index is 12.3. The van der Waals surface area contributed by atoms with Gasteiger partial charge in [0.2, 0.25) is 11.8 Å². The molecule has 19 heavy (non-hydrogen) atoms. The van der Waals surface area contributed by atoms with E-state index in [0.29, 0.717) is 11.4 Å². The fraction of sp³-hybridized carbons (Fsp3) is 0.273. The Kier molecular flexibility index (Phi) is 3.84. The number of rotatable bonds is 4. The molecule has 0 unspecified atom stereocenters. The van der Waals surface area contributed by atoms with E-state index in [1.807, 2.05) is 0 Å². The van der Waals surface area contributed by atoms with Crippen LogP contribution in [0.3, 0.4) is 0 Å². The largest absolute Gasteiger partial charge is 0.481 e. The Morgan fingerprint density at radius 1 is 1.42 bits per heavy atom. The first-order valence-electron chi connectivity index (χ1n) is 5.21. The van der Waals surface area contributed by atoms with Crippen LogP contribution < -0.4 is 9.47 Å². The van der Waals surface area contributed by atoms with Gasteiger partial charge in [0.15, 0.2) is 0 Å². The van der Waals surface area contributed by atoms with Crippen LogP contribution in [0.15, 0.2) is 18.3 Å². The number of pyridine rings is 1. The first kappa shape index (κ1) is 13.5. The van der Waals surface area contributed by atoms with Gasteiger partial charge in [0, 0.05) is 13.2 Å². The van der Waals surface area contributed by atoms with E-state index in [4.69, 9.17) is 16.3 Å². The molecule has 0 N–H and O–H groups in total. The second-order valence-electron chi connectivity index (χ2n) is 3.53. The third-order valence-corrected chi connectivity index (χ3v) is 2.70. The van der Waals surface area contributed by atoms with Gasteiger partial charge in [-0.05, 0) is 12.1 Å². The summed E-state index contributed by atoms with van der Waals surface area (Å²) in [5.74, 6) is 0.0867. The zero-order chi connectivity index (χ0) is 14.0. The van der Waals surface area contributed by atoms with Crippen LogP contribution in [0, 0.1) is 0 Å². The highest BCUT2D eigenvalue weighted by atomic mass is 35.5. The summed E-state index contributed by atoms with van der Waals surface area (Å²) < 4.78 is 35.1. The summed E-state index contributed by atoms with van der Waals surface area (Å²) in [5.41, 5.74) is 0.763. The van der Waals surface area contributed by atoms with Crippen molar-refractivity contribution in [1.82, 2.24) is 14.8 Å². The molecule has 0 amide bonds. The molecule has 0 aromatic carbocycles. The number of methoxy groups -OCH3 is 1. The molecular formula is C11H10ClF2N3O2. The molecule has 0 aliphatic rings. The molecule has 0 fully saturated rings. The van der Waals surface area contributed by atoms with E-state index in [1.165, 1.54) is 20.4 Å². The second kappa shape index (κ2) is 5.40. The average molecular weight is 290 g/mol. The molecule has 0 aliphatic heterocycles. The quantitative estimate of drug-likeness (QED) is 0.868. The molecule has 0 bridgehead atoms. The summed E-state index contributed by atoms with van der Waals surface area (Å²) in [6.45, 7) is -2.98. The van der Waals surface area contributed by atoms with Gasteiger partial charge >= 0.3 is 6.61 Å². The molecule has 2 aromatic rings. The smallest absolute Gasteiger partial charge is 0.388 e. The van der Waals surface area contributed by atoms with Gasteiger partial charge in [0.05, 0.1) is 12.7 Å². The summed E-state index contributed by atoms with van der Waals surface area (Å²) >= 11 is 6.01. The highest BCUT2D eigenvalue weighted by Crippen LogP contribution is 2.38. The minimum Gasteiger partial charge on any atom is -0.481 e. The fourth-order valence-corrected chi connectivity index (χ4v) is 1.91. The Balaban J connectivity index is 2.52. The number of aromatic nitrogens is 3. The Hall–Kier alpha value is -1.89. The number of hydrogen-bond acceptors (Lipinski definition) is 4. The van der Waals surface area contributed by atoms with Crippen LogP contribution in [0.4, 0.5) is 8.78 Å². The van der Waals surface area contributed by atoms with E-state index < -0.39 is 6.61 Å². The molecule has 0 atom stereocenters. The number of aryl methyl sites for hydroxylation is 1. The lowest BCUT2D eigenvalue weighted by atomic mass is 10.2. The van der Waals surface area contributed by atoms with Gasteiger partial charge in [-0.3, -0.25) is 0 Å². The van der Waals surface area contributed by atoms with E-state index >= 15 is 0 Å². The SMILES string of the molecule is COc1ncccc1-c1nn(C)c(OC(F)F)c1Cl. The molecule has 2 heterocycles.